The highest BCUT2D eigenvalue weighted by molar-refractivity contribution is 6.30. The summed E-state index contributed by atoms with van der Waals surface area (Å²) in [5, 5.41) is 0.692. The first-order valence-electron chi connectivity index (χ1n) is 8.55. The van der Waals surface area contributed by atoms with Crippen molar-refractivity contribution in [2.75, 3.05) is 7.11 Å². The van der Waals surface area contributed by atoms with Crippen molar-refractivity contribution in [1.29, 1.82) is 0 Å². The Labute approximate surface area is 162 Å². The molecule has 0 saturated carbocycles. The Morgan fingerprint density at radius 3 is 2.63 bits per heavy atom. The molecule has 0 N–H and O–H groups in total. The maximum Gasteiger partial charge on any atom is 0.339 e. The van der Waals surface area contributed by atoms with Crippen LogP contribution >= 0.6 is 11.6 Å². The lowest BCUT2D eigenvalue weighted by molar-refractivity contribution is 0.0600. The second kappa shape index (κ2) is 7.25. The number of ether oxygens (including phenoxy) is 1. The van der Waals surface area contributed by atoms with Gasteiger partial charge in [-0.2, -0.15) is 0 Å². The summed E-state index contributed by atoms with van der Waals surface area (Å²) in [4.78, 5) is 16.8. The SMILES string of the molecule is COC(=O)c1ccc2nc(-c3ccccc3)c(Cc3cccc(Cl)c3)n2c1. The Hall–Kier alpha value is -3.11. The normalized spacial score (nSPS) is 10.9. The van der Waals surface area contributed by atoms with Gasteiger partial charge in [0.25, 0.3) is 0 Å². The first-order valence-corrected chi connectivity index (χ1v) is 8.92. The number of halogens is 1. The fourth-order valence-corrected chi connectivity index (χ4v) is 3.38. The summed E-state index contributed by atoms with van der Waals surface area (Å²) in [5.41, 5.74) is 5.23. The molecule has 2 aromatic carbocycles. The van der Waals surface area contributed by atoms with E-state index in [9.17, 15) is 4.79 Å². The minimum atomic E-state index is -0.374. The number of carbonyl (C=O) groups is 1. The molecule has 0 amide bonds. The molecule has 0 aliphatic heterocycles. The number of aromatic nitrogens is 2. The second-order valence-corrected chi connectivity index (χ2v) is 6.65. The lowest BCUT2D eigenvalue weighted by atomic mass is 10.0. The van der Waals surface area contributed by atoms with Crippen LogP contribution in [0, 0.1) is 0 Å². The molecule has 0 saturated heterocycles. The third kappa shape index (κ3) is 3.44. The average molecular weight is 377 g/mol. The molecular weight excluding hydrogens is 360 g/mol. The summed E-state index contributed by atoms with van der Waals surface area (Å²) in [7, 11) is 1.38. The van der Waals surface area contributed by atoms with E-state index in [0.29, 0.717) is 17.0 Å². The van der Waals surface area contributed by atoms with Crippen LogP contribution in [0.2, 0.25) is 5.02 Å². The Morgan fingerprint density at radius 1 is 1.07 bits per heavy atom. The summed E-state index contributed by atoms with van der Waals surface area (Å²) in [5.74, 6) is -0.374. The van der Waals surface area contributed by atoms with Crippen molar-refractivity contribution in [3.8, 4) is 11.3 Å². The number of hydrogen-bond donors (Lipinski definition) is 0. The third-order valence-electron chi connectivity index (χ3n) is 4.45. The van der Waals surface area contributed by atoms with E-state index < -0.39 is 0 Å². The molecular formula is C22H17ClN2O2. The summed E-state index contributed by atoms with van der Waals surface area (Å²) < 4.78 is 6.81. The zero-order chi connectivity index (χ0) is 18.8. The van der Waals surface area contributed by atoms with Crippen molar-refractivity contribution in [3.05, 3.63) is 94.8 Å². The van der Waals surface area contributed by atoms with Crippen molar-refractivity contribution >= 4 is 23.2 Å². The molecule has 0 fully saturated rings. The van der Waals surface area contributed by atoms with E-state index in [4.69, 9.17) is 21.3 Å². The Bertz CT molecular complexity index is 1120. The van der Waals surface area contributed by atoms with Crippen LogP contribution in [0.3, 0.4) is 0 Å². The van der Waals surface area contributed by atoms with E-state index in [-0.39, 0.29) is 5.97 Å². The molecule has 4 rings (SSSR count). The standard InChI is InChI=1S/C22H17ClN2O2/c1-27-22(26)17-10-11-20-24-21(16-7-3-2-4-8-16)19(25(20)14-17)13-15-6-5-9-18(23)12-15/h2-12,14H,13H2,1H3. The Balaban J connectivity index is 1.91. The fourth-order valence-electron chi connectivity index (χ4n) is 3.17. The van der Waals surface area contributed by atoms with Crippen LogP contribution in [0.4, 0.5) is 0 Å². The molecule has 2 heterocycles. The fraction of sp³-hybridized carbons (Fsp3) is 0.0909. The van der Waals surface area contributed by atoms with Gasteiger partial charge in [0.1, 0.15) is 5.65 Å². The number of carbonyl (C=O) groups excluding carboxylic acids is 1. The summed E-state index contributed by atoms with van der Waals surface area (Å²) in [6.45, 7) is 0. The van der Waals surface area contributed by atoms with E-state index in [0.717, 1.165) is 28.2 Å². The molecule has 0 radical (unpaired) electrons. The molecule has 0 aliphatic rings. The topological polar surface area (TPSA) is 43.6 Å². The molecule has 0 spiro atoms. The zero-order valence-electron chi connectivity index (χ0n) is 14.7. The van der Waals surface area contributed by atoms with Crippen molar-refractivity contribution in [1.82, 2.24) is 9.38 Å². The lowest BCUT2D eigenvalue weighted by Gasteiger charge is -2.07. The van der Waals surface area contributed by atoms with Gasteiger partial charge >= 0.3 is 5.97 Å². The number of benzene rings is 2. The van der Waals surface area contributed by atoms with Crippen LogP contribution in [0.25, 0.3) is 16.9 Å². The number of fused-ring (bicyclic) bond motifs is 1. The van der Waals surface area contributed by atoms with Gasteiger partial charge in [0.2, 0.25) is 0 Å². The number of pyridine rings is 1. The third-order valence-corrected chi connectivity index (χ3v) is 4.68. The van der Waals surface area contributed by atoms with Gasteiger partial charge in [-0.1, -0.05) is 54.1 Å². The molecule has 0 bridgehead atoms. The average Bonchev–Trinajstić information content (AvgIpc) is 3.06. The number of rotatable bonds is 4. The molecule has 0 aliphatic carbocycles. The molecule has 27 heavy (non-hydrogen) atoms. The van der Waals surface area contributed by atoms with Gasteiger partial charge in [-0.25, -0.2) is 9.78 Å². The van der Waals surface area contributed by atoms with Gasteiger partial charge in [0.15, 0.2) is 0 Å². The number of hydrogen-bond acceptors (Lipinski definition) is 3. The van der Waals surface area contributed by atoms with Gasteiger partial charge in [0.05, 0.1) is 24.1 Å². The lowest BCUT2D eigenvalue weighted by Crippen LogP contribution is -2.04. The number of esters is 1. The Kier molecular flexibility index (Phi) is 4.65. The predicted octanol–water partition coefficient (Wildman–Crippen LogP) is 5.03. The van der Waals surface area contributed by atoms with Crippen LogP contribution < -0.4 is 0 Å². The molecule has 0 unspecified atom stereocenters. The minimum absolute atomic E-state index is 0.374. The van der Waals surface area contributed by atoms with Crippen molar-refractivity contribution in [2.45, 2.75) is 6.42 Å². The van der Waals surface area contributed by atoms with Gasteiger partial charge in [-0.05, 0) is 29.8 Å². The summed E-state index contributed by atoms with van der Waals surface area (Å²) in [6.07, 6.45) is 2.41. The van der Waals surface area contributed by atoms with Gasteiger partial charge < -0.3 is 9.14 Å². The van der Waals surface area contributed by atoms with Crippen LogP contribution in [0.5, 0.6) is 0 Å². The zero-order valence-corrected chi connectivity index (χ0v) is 15.5. The minimum Gasteiger partial charge on any atom is -0.465 e. The molecule has 4 nitrogen and oxygen atoms in total. The van der Waals surface area contributed by atoms with Crippen LogP contribution in [-0.2, 0) is 11.2 Å². The van der Waals surface area contributed by atoms with E-state index in [1.807, 2.05) is 65.1 Å². The van der Waals surface area contributed by atoms with E-state index in [1.165, 1.54) is 7.11 Å². The number of imidazole rings is 1. The van der Waals surface area contributed by atoms with Crippen molar-refractivity contribution in [3.63, 3.8) is 0 Å². The van der Waals surface area contributed by atoms with E-state index in [2.05, 4.69) is 0 Å². The van der Waals surface area contributed by atoms with Gasteiger partial charge in [-0.15, -0.1) is 0 Å². The van der Waals surface area contributed by atoms with E-state index >= 15 is 0 Å². The van der Waals surface area contributed by atoms with Crippen molar-refractivity contribution < 1.29 is 9.53 Å². The first kappa shape index (κ1) is 17.3. The first-order chi connectivity index (χ1) is 13.2. The number of nitrogens with zero attached hydrogens (tertiary/aromatic N) is 2. The largest absolute Gasteiger partial charge is 0.465 e. The van der Waals surface area contributed by atoms with Crippen molar-refractivity contribution in [2.24, 2.45) is 0 Å². The monoisotopic (exact) mass is 376 g/mol. The molecule has 5 heteroatoms. The maximum atomic E-state index is 12.0. The highest BCUT2D eigenvalue weighted by atomic mass is 35.5. The number of methoxy groups -OCH3 is 1. The second-order valence-electron chi connectivity index (χ2n) is 6.22. The van der Waals surface area contributed by atoms with Crippen LogP contribution in [-0.4, -0.2) is 22.5 Å². The molecule has 0 atom stereocenters. The smallest absolute Gasteiger partial charge is 0.339 e. The van der Waals surface area contributed by atoms with Gasteiger partial charge in [-0.3, -0.25) is 0 Å². The molecule has 2 aromatic heterocycles. The maximum absolute atomic E-state index is 12.0. The molecule has 134 valence electrons. The summed E-state index contributed by atoms with van der Waals surface area (Å²) in [6, 6.07) is 21.3. The van der Waals surface area contributed by atoms with Gasteiger partial charge in [0, 0.05) is 23.2 Å². The van der Waals surface area contributed by atoms with E-state index in [1.54, 1.807) is 12.3 Å². The van der Waals surface area contributed by atoms with Crippen LogP contribution in [0.1, 0.15) is 21.6 Å². The highest BCUT2D eigenvalue weighted by Gasteiger charge is 2.16. The molecule has 4 aromatic rings. The predicted molar refractivity (Wildman–Crippen MR) is 106 cm³/mol. The highest BCUT2D eigenvalue weighted by Crippen LogP contribution is 2.27. The quantitative estimate of drug-likeness (QED) is 0.469. The summed E-state index contributed by atoms with van der Waals surface area (Å²) >= 11 is 6.16. The Morgan fingerprint density at radius 2 is 1.89 bits per heavy atom. The van der Waals surface area contributed by atoms with Crippen LogP contribution in [0.15, 0.2) is 72.9 Å².